The standard InChI is InChI=1S/C16H19NOS/c1-4-5-12-15(13(2)18)16(19-3)17-14-10-8-6-7-9-11-14/h4-10,12,17H,1,11H2,2-3H3/b12-5-,16-15?. The number of allylic oxidation sites excluding steroid dienone is 9. The third-order valence-corrected chi connectivity index (χ3v) is 3.22. The number of rotatable bonds is 6. The van der Waals surface area contributed by atoms with E-state index in [0.717, 1.165) is 17.1 Å². The molecular formula is C16H19NOS. The molecule has 0 aromatic heterocycles. The summed E-state index contributed by atoms with van der Waals surface area (Å²) in [7, 11) is 0. The third-order valence-electron chi connectivity index (χ3n) is 2.49. The van der Waals surface area contributed by atoms with E-state index in [9.17, 15) is 4.79 Å². The van der Waals surface area contributed by atoms with E-state index in [4.69, 9.17) is 0 Å². The molecule has 0 aromatic rings. The van der Waals surface area contributed by atoms with Crippen molar-refractivity contribution < 1.29 is 4.79 Å². The highest BCUT2D eigenvalue weighted by atomic mass is 32.2. The second-order valence-electron chi connectivity index (χ2n) is 3.93. The van der Waals surface area contributed by atoms with Crippen LogP contribution in [0.5, 0.6) is 0 Å². The fourth-order valence-electron chi connectivity index (χ4n) is 1.56. The van der Waals surface area contributed by atoms with Crippen molar-refractivity contribution in [3.63, 3.8) is 0 Å². The van der Waals surface area contributed by atoms with Crippen LogP contribution in [0.3, 0.4) is 0 Å². The largest absolute Gasteiger partial charge is 0.353 e. The van der Waals surface area contributed by atoms with Crippen molar-refractivity contribution in [1.82, 2.24) is 5.32 Å². The van der Waals surface area contributed by atoms with Crippen LogP contribution in [0, 0.1) is 0 Å². The number of ketones is 1. The second kappa shape index (κ2) is 8.38. The maximum Gasteiger partial charge on any atom is 0.162 e. The van der Waals surface area contributed by atoms with Crippen molar-refractivity contribution in [2.45, 2.75) is 13.3 Å². The molecule has 0 spiro atoms. The van der Waals surface area contributed by atoms with E-state index < -0.39 is 0 Å². The number of hydrogen-bond donors (Lipinski definition) is 1. The Balaban J connectivity index is 3.01. The van der Waals surface area contributed by atoms with Gasteiger partial charge in [0.2, 0.25) is 0 Å². The Kier molecular flexibility index (Phi) is 6.75. The van der Waals surface area contributed by atoms with E-state index in [0.29, 0.717) is 5.57 Å². The summed E-state index contributed by atoms with van der Waals surface area (Å²) in [5.74, 6) is 0.0373. The minimum absolute atomic E-state index is 0.0373. The van der Waals surface area contributed by atoms with Crippen LogP contribution >= 0.6 is 11.8 Å². The highest BCUT2D eigenvalue weighted by Gasteiger charge is 2.09. The summed E-state index contributed by atoms with van der Waals surface area (Å²) in [5.41, 5.74) is 1.74. The number of hydrogen-bond acceptors (Lipinski definition) is 3. The Hall–Kier alpha value is -1.74. The molecular weight excluding hydrogens is 254 g/mol. The number of nitrogens with one attached hydrogen (secondary N) is 1. The van der Waals surface area contributed by atoms with Gasteiger partial charge in [0.05, 0.1) is 5.03 Å². The van der Waals surface area contributed by atoms with E-state index in [1.54, 1.807) is 25.2 Å². The van der Waals surface area contributed by atoms with Crippen molar-refractivity contribution in [3.8, 4) is 0 Å². The first-order valence-corrected chi connectivity index (χ1v) is 7.29. The van der Waals surface area contributed by atoms with Gasteiger partial charge in [-0.2, -0.15) is 0 Å². The minimum Gasteiger partial charge on any atom is -0.353 e. The van der Waals surface area contributed by atoms with Crippen LogP contribution in [0.15, 0.2) is 71.5 Å². The Bertz CT molecular complexity index is 493. The average Bonchev–Trinajstić information content (AvgIpc) is 2.66. The molecule has 0 aliphatic heterocycles. The van der Waals surface area contributed by atoms with Gasteiger partial charge in [-0.05, 0) is 25.3 Å². The maximum atomic E-state index is 11.7. The first kappa shape index (κ1) is 15.3. The zero-order valence-corrected chi connectivity index (χ0v) is 12.2. The summed E-state index contributed by atoms with van der Waals surface area (Å²) in [5, 5.41) is 4.19. The molecule has 19 heavy (non-hydrogen) atoms. The highest BCUT2D eigenvalue weighted by molar-refractivity contribution is 8.02. The zero-order chi connectivity index (χ0) is 14.1. The van der Waals surface area contributed by atoms with Crippen molar-refractivity contribution in [2.24, 2.45) is 0 Å². The third kappa shape index (κ3) is 5.18. The quantitative estimate of drug-likeness (QED) is 0.588. The Labute approximate surface area is 119 Å². The minimum atomic E-state index is 0.0373. The van der Waals surface area contributed by atoms with Crippen LogP contribution in [0.25, 0.3) is 0 Å². The smallest absolute Gasteiger partial charge is 0.162 e. The van der Waals surface area contributed by atoms with E-state index in [1.807, 2.05) is 30.6 Å². The lowest BCUT2D eigenvalue weighted by atomic mass is 10.2. The van der Waals surface area contributed by atoms with Crippen LogP contribution in [0.2, 0.25) is 0 Å². The lowest BCUT2D eigenvalue weighted by Crippen LogP contribution is -2.14. The molecule has 1 rings (SSSR count). The van der Waals surface area contributed by atoms with Crippen LogP contribution in [0.4, 0.5) is 0 Å². The van der Waals surface area contributed by atoms with Gasteiger partial charge in [0, 0.05) is 17.7 Å². The molecule has 1 aliphatic carbocycles. The van der Waals surface area contributed by atoms with Crippen LogP contribution < -0.4 is 5.32 Å². The van der Waals surface area contributed by atoms with E-state index in [-0.39, 0.29) is 5.78 Å². The highest BCUT2D eigenvalue weighted by Crippen LogP contribution is 2.19. The van der Waals surface area contributed by atoms with Gasteiger partial charge in [-0.15, -0.1) is 11.8 Å². The summed E-state index contributed by atoms with van der Waals surface area (Å²) in [6.45, 7) is 5.20. The van der Waals surface area contributed by atoms with Crippen LogP contribution in [-0.2, 0) is 4.79 Å². The molecule has 0 saturated carbocycles. The molecule has 0 aromatic carbocycles. The molecule has 1 aliphatic rings. The van der Waals surface area contributed by atoms with Gasteiger partial charge in [-0.1, -0.05) is 43.0 Å². The SMILES string of the molecule is C=C/C=C\C(C(C)=O)=C(NC1=CC=CC=CC1)SC. The molecule has 0 fully saturated rings. The Morgan fingerprint density at radius 3 is 2.84 bits per heavy atom. The molecule has 0 unspecified atom stereocenters. The van der Waals surface area contributed by atoms with Gasteiger partial charge in [0.1, 0.15) is 0 Å². The topological polar surface area (TPSA) is 29.1 Å². The first-order chi connectivity index (χ1) is 9.19. The Morgan fingerprint density at radius 1 is 1.42 bits per heavy atom. The number of thioether (sulfide) groups is 1. The molecule has 0 amide bonds. The van der Waals surface area contributed by atoms with Crippen LogP contribution in [0.1, 0.15) is 13.3 Å². The van der Waals surface area contributed by atoms with Gasteiger partial charge < -0.3 is 5.32 Å². The van der Waals surface area contributed by atoms with Crippen molar-refractivity contribution >= 4 is 17.5 Å². The van der Waals surface area contributed by atoms with Crippen molar-refractivity contribution in [2.75, 3.05) is 6.26 Å². The molecule has 0 heterocycles. The van der Waals surface area contributed by atoms with Crippen molar-refractivity contribution in [3.05, 3.63) is 71.5 Å². The fourth-order valence-corrected chi connectivity index (χ4v) is 2.23. The van der Waals surface area contributed by atoms with Gasteiger partial charge in [-0.25, -0.2) is 0 Å². The summed E-state index contributed by atoms with van der Waals surface area (Å²) < 4.78 is 0. The van der Waals surface area contributed by atoms with E-state index in [2.05, 4.69) is 18.0 Å². The predicted octanol–water partition coefficient (Wildman–Crippen LogP) is 3.88. The molecule has 0 saturated heterocycles. The van der Waals surface area contributed by atoms with Crippen molar-refractivity contribution in [1.29, 1.82) is 0 Å². The fraction of sp³-hybridized carbons (Fsp3) is 0.188. The summed E-state index contributed by atoms with van der Waals surface area (Å²) in [4.78, 5) is 11.7. The normalized spacial score (nSPS) is 15.8. The summed E-state index contributed by atoms with van der Waals surface area (Å²) >= 11 is 1.53. The van der Waals surface area contributed by atoms with E-state index >= 15 is 0 Å². The molecule has 100 valence electrons. The predicted molar refractivity (Wildman–Crippen MR) is 84.7 cm³/mol. The number of carbonyl (C=O) groups is 1. The lowest BCUT2D eigenvalue weighted by Gasteiger charge is -2.13. The van der Waals surface area contributed by atoms with Crippen LogP contribution in [-0.4, -0.2) is 12.0 Å². The van der Waals surface area contributed by atoms with E-state index in [1.165, 1.54) is 11.8 Å². The van der Waals surface area contributed by atoms with Gasteiger partial charge in [-0.3, -0.25) is 4.79 Å². The molecule has 0 atom stereocenters. The van der Waals surface area contributed by atoms with Gasteiger partial charge in [0.25, 0.3) is 0 Å². The maximum absolute atomic E-state index is 11.7. The Morgan fingerprint density at radius 2 is 2.21 bits per heavy atom. The molecule has 0 radical (unpaired) electrons. The molecule has 1 N–H and O–H groups in total. The number of carbonyl (C=O) groups excluding carboxylic acids is 1. The molecule has 2 nitrogen and oxygen atoms in total. The number of Topliss-reactive ketones (excluding diaryl/α,β-unsaturated/α-hetero) is 1. The summed E-state index contributed by atoms with van der Waals surface area (Å²) in [6, 6.07) is 0. The average molecular weight is 273 g/mol. The monoisotopic (exact) mass is 273 g/mol. The first-order valence-electron chi connectivity index (χ1n) is 6.06. The van der Waals surface area contributed by atoms with Gasteiger partial charge in [0.15, 0.2) is 5.78 Å². The second-order valence-corrected chi connectivity index (χ2v) is 4.75. The summed E-state index contributed by atoms with van der Waals surface area (Å²) in [6.07, 6.45) is 18.1. The molecule has 3 heteroatoms. The zero-order valence-electron chi connectivity index (χ0n) is 11.3. The van der Waals surface area contributed by atoms with Gasteiger partial charge >= 0.3 is 0 Å². The lowest BCUT2D eigenvalue weighted by molar-refractivity contribution is -0.113. The molecule has 0 bridgehead atoms.